The number of fused-ring (bicyclic) bond motifs is 2. The summed E-state index contributed by atoms with van der Waals surface area (Å²) in [5.74, 6) is 0. The first-order valence-corrected chi connectivity index (χ1v) is 10.3. The Morgan fingerprint density at radius 1 is 1.17 bits per heavy atom. The van der Waals surface area contributed by atoms with E-state index in [1.54, 1.807) is 0 Å². The average Bonchev–Trinajstić information content (AvgIpc) is 2.74. The lowest BCUT2D eigenvalue weighted by Gasteiger charge is -2.63. The molecule has 0 bridgehead atoms. The number of amides is 2. The number of hydrogen-bond donors (Lipinski definition) is 1. The van der Waals surface area contributed by atoms with Gasteiger partial charge in [-0.2, -0.15) is 0 Å². The number of anilines is 1. The lowest BCUT2D eigenvalue weighted by Crippen LogP contribution is -2.80. The van der Waals surface area contributed by atoms with E-state index >= 15 is 0 Å². The monoisotopic (exact) mass is 393 g/mol. The summed E-state index contributed by atoms with van der Waals surface area (Å²) in [7, 11) is 0. The van der Waals surface area contributed by atoms with E-state index in [2.05, 4.69) is 26.2 Å². The van der Waals surface area contributed by atoms with Crippen LogP contribution in [0.15, 0.2) is 54.9 Å². The van der Waals surface area contributed by atoms with Gasteiger partial charge in [-0.1, -0.05) is 24.3 Å². The molecule has 0 aliphatic carbocycles. The summed E-state index contributed by atoms with van der Waals surface area (Å²) in [6, 6.07) is 14.0. The smallest absolute Gasteiger partial charge is 0.321 e. The highest BCUT2D eigenvalue weighted by molar-refractivity contribution is 5.89. The fourth-order valence-electron chi connectivity index (χ4n) is 5.00. The van der Waals surface area contributed by atoms with Crippen molar-refractivity contribution in [3.05, 3.63) is 60.4 Å². The van der Waals surface area contributed by atoms with Gasteiger partial charge in [0.15, 0.2) is 0 Å². The molecule has 152 valence electrons. The standard InChI is InChI=1S/C22H27N5O2/c28-21(24-19-6-2-1-3-7-19)26-13-20-14-29-10-9-27(20)22(17-26)15-25(16-22)12-18-5-4-8-23-11-18/h1-8,11,20H,9-10,12-17H2,(H,24,28). The number of benzene rings is 1. The molecule has 3 aliphatic rings. The minimum absolute atomic E-state index is 0.0168. The zero-order chi connectivity index (χ0) is 19.7. The van der Waals surface area contributed by atoms with E-state index in [0.29, 0.717) is 13.2 Å². The van der Waals surface area contributed by atoms with Crippen molar-refractivity contribution in [2.24, 2.45) is 0 Å². The Morgan fingerprint density at radius 3 is 2.83 bits per heavy atom. The maximum absolute atomic E-state index is 13.0. The predicted molar refractivity (Wildman–Crippen MR) is 111 cm³/mol. The molecule has 0 radical (unpaired) electrons. The Hall–Kier alpha value is -2.48. The van der Waals surface area contributed by atoms with Crippen LogP contribution in [-0.2, 0) is 11.3 Å². The summed E-state index contributed by atoms with van der Waals surface area (Å²) in [5.41, 5.74) is 2.08. The molecule has 1 spiro atoms. The second-order valence-corrected chi connectivity index (χ2v) is 8.33. The van der Waals surface area contributed by atoms with Gasteiger partial charge in [0, 0.05) is 57.3 Å². The number of hydrogen-bond acceptors (Lipinski definition) is 5. The number of morpholine rings is 1. The Morgan fingerprint density at radius 2 is 2.03 bits per heavy atom. The van der Waals surface area contributed by atoms with Crippen LogP contribution in [0, 0.1) is 0 Å². The second kappa shape index (κ2) is 7.74. The van der Waals surface area contributed by atoms with Gasteiger partial charge in [0.2, 0.25) is 0 Å². The van der Waals surface area contributed by atoms with E-state index in [1.807, 2.05) is 53.7 Å². The molecule has 1 atom stereocenters. The van der Waals surface area contributed by atoms with Crippen molar-refractivity contribution in [1.29, 1.82) is 0 Å². The molecule has 5 rings (SSSR count). The molecule has 1 unspecified atom stereocenters. The van der Waals surface area contributed by atoms with Crippen molar-refractivity contribution in [3.63, 3.8) is 0 Å². The quantitative estimate of drug-likeness (QED) is 0.863. The first-order valence-electron chi connectivity index (χ1n) is 10.3. The molecule has 4 heterocycles. The number of nitrogens with one attached hydrogen (secondary N) is 1. The molecule has 1 N–H and O–H groups in total. The zero-order valence-corrected chi connectivity index (χ0v) is 16.5. The molecule has 29 heavy (non-hydrogen) atoms. The Bertz CT molecular complexity index is 841. The van der Waals surface area contributed by atoms with Crippen LogP contribution in [-0.4, -0.2) is 83.2 Å². The molecule has 7 nitrogen and oxygen atoms in total. The number of nitrogens with zero attached hydrogens (tertiary/aromatic N) is 4. The average molecular weight is 393 g/mol. The number of carbonyl (C=O) groups is 1. The molecule has 1 aromatic carbocycles. The van der Waals surface area contributed by atoms with Gasteiger partial charge in [-0.05, 0) is 23.8 Å². The SMILES string of the molecule is O=C(Nc1ccccc1)N1CC2COCCN2C2(CN(Cc3cccnc3)C2)C1. The summed E-state index contributed by atoms with van der Waals surface area (Å²) < 4.78 is 5.75. The summed E-state index contributed by atoms with van der Waals surface area (Å²) in [4.78, 5) is 24.2. The highest BCUT2D eigenvalue weighted by Gasteiger charge is 2.54. The number of aromatic nitrogens is 1. The summed E-state index contributed by atoms with van der Waals surface area (Å²) in [6.07, 6.45) is 3.74. The van der Waals surface area contributed by atoms with E-state index in [4.69, 9.17) is 4.74 Å². The van der Waals surface area contributed by atoms with E-state index < -0.39 is 0 Å². The number of pyridine rings is 1. The van der Waals surface area contributed by atoms with Gasteiger partial charge in [0.1, 0.15) is 0 Å². The number of carbonyl (C=O) groups excluding carboxylic acids is 1. The number of ether oxygens (including phenoxy) is 1. The van der Waals surface area contributed by atoms with Crippen LogP contribution >= 0.6 is 0 Å². The first kappa shape index (κ1) is 18.5. The van der Waals surface area contributed by atoms with Crippen LogP contribution in [0.25, 0.3) is 0 Å². The third-order valence-corrected chi connectivity index (χ3v) is 6.23. The fraction of sp³-hybridized carbons (Fsp3) is 0.455. The number of para-hydroxylation sites is 1. The van der Waals surface area contributed by atoms with Crippen molar-refractivity contribution in [2.75, 3.05) is 51.3 Å². The Labute approximate surface area is 171 Å². The summed E-state index contributed by atoms with van der Waals surface area (Å²) in [5, 5.41) is 3.05. The van der Waals surface area contributed by atoms with Crippen LogP contribution in [0.5, 0.6) is 0 Å². The van der Waals surface area contributed by atoms with Gasteiger partial charge < -0.3 is 15.0 Å². The molecule has 1 aromatic heterocycles. The van der Waals surface area contributed by atoms with Crippen molar-refractivity contribution >= 4 is 11.7 Å². The number of likely N-dealkylation sites (tertiary alicyclic amines) is 1. The van der Waals surface area contributed by atoms with Gasteiger partial charge >= 0.3 is 6.03 Å². The van der Waals surface area contributed by atoms with Crippen LogP contribution in [0.2, 0.25) is 0 Å². The van der Waals surface area contributed by atoms with Gasteiger partial charge in [-0.15, -0.1) is 0 Å². The number of urea groups is 1. The van der Waals surface area contributed by atoms with Gasteiger partial charge in [-0.3, -0.25) is 14.8 Å². The van der Waals surface area contributed by atoms with Crippen molar-refractivity contribution in [1.82, 2.24) is 19.7 Å². The van der Waals surface area contributed by atoms with E-state index in [-0.39, 0.29) is 17.6 Å². The maximum Gasteiger partial charge on any atom is 0.321 e. The molecule has 2 amide bonds. The van der Waals surface area contributed by atoms with Crippen molar-refractivity contribution in [2.45, 2.75) is 18.1 Å². The Balaban J connectivity index is 1.29. The van der Waals surface area contributed by atoms with Crippen LogP contribution < -0.4 is 5.32 Å². The topological polar surface area (TPSA) is 60.9 Å². The summed E-state index contributed by atoms with van der Waals surface area (Å²) in [6.45, 7) is 6.71. The second-order valence-electron chi connectivity index (χ2n) is 8.33. The molecule has 2 aromatic rings. The lowest BCUT2D eigenvalue weighted by molar-refractivity contribution is -0.158. The normalized spacial score (nSPS) is 24.0. The number of rotatable bonds is 3. The molecule has 7 heteroatoms. The third-order valence-electron chi connectivity index (χ3n) is 6.23. The van der Waals surface area contributed by atoms with Gasteiger partial charge in [0.05, 0.1) is 24.8 Å². The van der Waals surface area contributed by atoms with Crippen molar-refractivity contribution in [3.8, 4) is 0 Å². The van der Waals surface area contributed by atoms with Crippen LogP contribution in [0.3, 0.4) is 0 Å². The first-order chi connectivity index (χ1) is 14.2. The highest BCUT2D eigenvalue weighted by atomic mass is 16.5. The molecule has 3 fully saturated rings. The zero-order valence-electron chi connectivity index (χ0n) is 16.5. The van der Waals surface area contributed by atoms with E-state index in [0.717, 1.165) is 45.0 Å². The fourth-order valence-corrected chi connectivity index (χ4v) is 5.00. The molecule has 3 saturated heterocycles. The Kier molecular flexibility index (Phi) is 4.95. The summed E-state index contributed by atoms with van der Waals surface area (Å²) >= 11 is 0. The number of piperazine rings is 1. The van der Waals surface area contributed by atoms with E-state index in [9.17, 15) is 4.79 Å². The van der Waals surface area contributed by atoms with Crippen LogP contribution in [0.1, 0.15) is 5.56 Å². The molecular weight excluding hydrogens is 366 g/mol. The maximum atomic E-state index is 13.0. The highest BCUT2D eigenvalue weighted by Crippen LogP contribution is 2.36. The van der Waals surface area contributed by atoms with Crippen LogP contribution in [0.4, 0.5) is 10.5 Å². The third kappa shape index (κ3) is 3.73. The minimum Gasteiger partial charge on any atom is -0.378 e. The molecule has 0 saturated carbocycles. The largest absolute Gasteiger partial charge is 0.378 e. The molecular formula is C22H27N5O2. The van der Waals surface area contributed by atoms with Crippen molar-refractivity contribution < 1.29 is 9.53 Å². The molecule has 3 aliphatic heterocycles. The van der Waals surface area contributed by atoms with Gasteiger partial charge in [-0.25, -0.2) is 4.79 Å². The van der Waals surface area contributed by atoms with E-state index in [1.165, 1.54) is 5.56 Å². The minimum atomic E-state index is -0.0218. The predicted octanol–water partition coefficient (Wildman–Crippen LogP) is 1.88. The lowest BCUT2D eigenvalue weighted by atomic mass is 9.82. The van der Waals surface area contributed by atoms with Gasteiger partial charge in [0.25, 0.3) is 0 Å².